The van der Waals surface area contributed by atoms with E-state index in [9.17, 15) is 9.59 Å². The molecule has 0 unspecified atom stereocenters. The molecule has 1 fully saturated rings. The second-order valence-electron chi connectivity index (χ2n) is 7.38. The average molecular weight is 392 g/mol. The van der Waals surface area contributed by atoms with Crippen molar-refractivity contribution in [2.75, 3.05) is 13.1 Å². The lowest BCUT2D eigenvalue weighted by molar-refractivity contribution is 0.0682. The highest BCUT2D eigenvalue weighted by molar-refractivity contribution is 5.93. The maximum Gasteiger partial charge on any atom is 0.264 e. The first-order valence-corrected chi connectivity index (χ1v) is 9.89. The summed E-state index contributed by atoms with van der Waals surface area (Å²) in [6.07, 6.45) is 9.77. The Morgan fingerprint density at radius 1 is 1.17 bits per heavy atom. The molecular formula is C21H24N6O2. The van der Waals surface area contributed by atoms with Gasteiger partial charge in [-0.05, 0) is 44.2 Å². The lowest BCUT2D eigenvalue weighted by atomic mass is 9.93. The number of likely N-dealkylation sites (tertiary alicyclic amines) is 1. The molecule has 4 rings (SSSR count). The second kappa shape index (κ2) is 8.38. The topological polar surface area (TPSA) is 96.8 Å². The van der Waals surface area contributed by atoms with Gasteiger partial charge in [-0.3, -0.25) is 14.6 Å². The van der Waals surface area contributed by atoms with Crippen molar-refractivity contribution in [3.63, 3.8) is 0 Å². The van der Waals surface area contributed by atoms with E-state index in [-0.39, 0.29) is 11.5 Å². The number of hydrogen-bond acceptors (Lipinski definition) is 5. The van der Waals surface area contributed by atoms with Crippen LogP contribution in [0.15, 0.2) is 47.8 Å². The highest BCUT2D eigenvalue weighted by Crippen LogP contribution is 2.22. The number of hydrogen-bond donors (Lipinski definition) is 1. The highest BCUT2D eigenvalue weighted by Gasteiger charge is 2.25. The van der Waals surface area contributed by atoms with Crippen LogP contribution in [0.1, 0.15) is 35.4 Å². The summed E-state index contributed by atoms with van der Waals surface area (Å²) in [7, 11) is 0. The van der Waals surface area contributed by atoms with Gasteiger partial charge in [-0.15, -0.1) is 0 Å². The minimum absolute atomic E-state index is 0.0807. The van der Waals surface area contributed by atoms with Crippen molar-refractivity contribution in [3.05, 3.63) is 64.7 Å². The molecule has 0 aliphatic carbocycles. The normalized spacial score (nSPS) is 14.9. The summed E-state index contributed by atoms with van der Waals surface area (Å²) >= 11 is 0. The molecule has 1 saturated heterocycles. The van der Waals surface area contributed by atoms with E-state index in [4.69, 9.17) is 0 Å². The molecule has 3 aromatic heterocycles. The van der Waals surface area contributed by atoms with E-state index in [2.05, 4.69) is 24.5 Å². The summed E-state index contributed by atoms with van der Waals surface area (Å²) in [5.74, 6) is 1.71. The molecule has 4 heterocycles. The number of imidazole rings is 1. The first-order valence-electron chi connectivity index (χ1n) is 9.89. The third kappa shape index (κ3) is 4.26. The van der Waals surface area contributed by atoms with Crippen molar-refractivity contribution in [1.82, 2.24) is 29.4 Å². The van der Waals surface area contributed by atoms with Crippen molar-refractivity contribution in [2.24, 2.45) is 5.92 Å². The van der Waals surface area contributed by atoms with Crippen LogP contribution in [-0.4, -0.2) is 48.4 Å². The molecule has 29 heavy (non-hydrogen) atoms. The summed E-state index contributed by atoms with van der Waals surface area (Å²) < 4.78 is 2.16. The summed E-state index contributed by atoms with van der Waals surface area (Å²) in [6, 6.07) is 5.37. The van der Waals surface area contributed by atoms with Gasteiger partial charge in [0.2, 0.25) is 0 Å². The zero-order chi connectivity index (χ0) is 20.2. The number of amides is 1. The minimum Gasteiger partial charge on any atom is -0.338 e. The van der Waals surface area contributed by atoms with Crippen LogP contribution >= 0.6 is 0 Å². The molecule has 8 nitrogen and oxygen atoms in total. The molecule has 1 N–H and O–H groups in total. The van der Waals surface area contributed by atoms with Crippen LogP contribution in [-0.2, 0) is 6.54 Å². The quantitative estimate of drug-likeness (QED) is 0.718. The van der Waals surface area contributed by atoms with Crippen molar-refractivity contribution in [3.8, 4) is 11.5 Å². The van der Waals surface area contributed by atoms with Gasteiger partial charge in [0.05, 0.1) is 0 Å². The fourth-order valence-electron chi connectivity index (χ4n) is 3.74. The summed E-state index contributed by atoms with van der Waals surface area (Å²) in [4.78, 5) is 42.3. The van der Waals surface area contributed by atoms with Gasteiger partial charge in [0.1, 0.15) is 17.1 Å². The van der Waals surface area contributed by atoms with Gasteiger partial charge in [0.25, 0.3) is 11.5 Å². The molecule has 0 radical (unpaired) electrons. The van der Waals surface area contributed by atoms with Gasteiger partial charge in [-0.1, -0.05) is 6.07 Å². The third-order valence-corrected chi connectivity index (χ3v) is 5.54. The first kappa shape index (κ1) is 19.0. The molecule has 0 atom stereocenters. The number of piperidine rings is 1. The number of aromatic nitrogens is 5. The highest BCUT2D eigenvalue weighted by atomic mass is 16.2. The molecule has 1 aliphatic heterocycles. The van der Waals surface area contributed by atoms with Crippen molar-refractivity contribution in [1.29, 1.82) is 0 Å². The van der Waals surface area contributed by atoms with Crippen molar-refractivity contribution < 1.29 is 4.79 Å². The van der Waals surface area contributed by atoms with E-state index in [1.807, 2.05) is 25.4 Å². The van der Waals surface area contributed by atoms with Gasteiger partial charge in [-0.2, -0.15) is 0 Å². The standard InChI is InChI=1S/C21H24N6O2/c1-15-22-9-13-26(15)10-5-16-6-11-27(12-7-16)21(29)17-14-24-19(25-20(17)28)18-4-2-3-8-23-18/h2-4,8-9,13-14,16H,5-7,10-12H2,1H3,(H,24,25,28). The first-order chi connectivity index (χ1) is 14.1. The number of carbonyl (C=O) groups is 1. The Balaban J connectivity index is 1.36. The molecular weight excluding hydrogens is 368 g/mol. The zero-order valence-electron chi connectivity index (χ0n) is 16.4. The number of aromatic amines is 1. The van der Waals surface area contributed by atoms with E-state index in [1.165, 1.54) is 6.20 Å². The number of aryl methyl sites for hydroxylation is 2. The van der Waals surface area contributed by atoms with Crippen LogP contribution in [0.2, 0.25) is 0 Å². The van der Waals surface area contributed by atoms with Crippen molar-refractivity contribution >= 4 is 5.91 Å². The zero-order valence-corrected chi connectivity index (χ0v) is 16.4. The summed E-state index contributed by atoms with van der Waals surface area (Å²) in [5.41, 5.74) is 0.220. The van der Waals surface area contributed by atoms with Gasteiger partial charge in [0, 0.05) is 44.4 Å². The predicted octanol–water partition coefficient (Wildman–Crippen LogP) is 2.28. The molecule has 8 heteroatoms. The molecule has 0 aromatic carbocycles. The molecule has 0 bridgehead atoms. The molecule has 1 amide bonds. The lowest BCUT2D eigenvalue weighted by Crippen LogP contribution is -2.40. The maximum absolute atomic E-state index is 12.8. The van der Waals surface area contributed by atoms with Gasteiger partial charge < -0.3 is 14.5 Å². The van der Waals surface area contributed by atoms with E-state index in [1.54, 1.807) is 23.2 Å². The third-order valence-electron chi connectivity index (χ3n) is 5.54. The fraction of sp³-hybridized carbons (Fsp3) is 0.381. The SMILES string of the molecule is Cc1nccn1CCC1CCN(C(=O)c2cnc(-c3ccccn3)[nH]c2=O)CC1. The number of carbonyl (C=O) groups excluding carboxylic acids is 1. The number of rotatable bonds is 5. The van der Waals surface area contributed by atoms with E-state index >= 15 is 0 Å². The van der Waals surface area contributed by atoms with Crippen LogP contribution in [0.25, 0.3) is 11.5 Å². The maximum atomic E-state index is 12.8. The van der Waals surface area contributed by atoms with Crippen LogP contribution in [0.3, 0.4) is 0 Å². The van der Waals surface area contributed by atoms with E-state index in [0.29, 0.717) is 30.5 Å². The Bertz CT molecular complexity index is 1030. The fourth-order valence-corrected chi connectivity index (χ4v) is 3.74. The summed E-state index contributed by atoms with van der Waals surface area (Å²) in [5, 5.41) is 0. The molecule has 3 aromatic rings. The average Bonchev–Trinajstić information content (AvgIpc) is 3.17. The summed E-state index contributed by atoms with van der Waals surface area (Å²) in [6.45, 7) is 4.27. The Morgan fingerprint density at radius 2 is 2.00 bits per heavy atom. The van der Waals surface area contributed by atoms with E-state index in [0.717, 1.165) is 31.6 Å². The number of nitrogens with one attached hydrogen (secondary N) is 1. The van der Waals surface area contributed by atoms with E-state index < -0.39 is 5.56 Å². The van der Waals surface area contributed by atoms with Crippen LogP contribution in [0.5, 0.6) is 0 Å². The molecule has 1 aliphatic rings. The monoisotopic (exact) mass is 392 g/mol. The second-order valence-corrected chi connectivity index (χ2v) is 7.38. The minimum atomic E-state index is -0.427. The van der Waals surface area contributed by atoms with Gasteiger partial charge in [-0.25, -0.2) is 9.97 Å². The Morgan fingerprint density at radius 3 is 2.66 bits per heavy atom. The van der Waals surface area contributed by atoms with Gasteiger partial charge >= 0.3 is 0 Å². The van der Waals surface area contributed by atoms with Crippen LogP contribution in [0.4, 0.5) is 0 Å². The molecule has 0 saturated carbocycles. The van der Waals surface area contributed by atoms with Gasteiger partial charge in [0.15, 0.2) is 5.82 Å². The Kier molecular flexibility index (Phi) is 5.50. The van der Waals surface area contributed by atoms with Crippen LogP contribution in [0, 0.1) is 12.8 Å². The lowest BCUT2D eigenvalue weighted by Gasteiger charge is -2.32. The number of H-pyrrole nitrogens is 1. The Labute approximate surface area is 168 Å². The van der Waals surface area contributed by atoms with Crippen LogP contribution < -0.4 is 5.56 Å². The molecule has 150 valence electrons. The largest absolute Gasteiger partial charge is 0.338 e. The Hall–Kier alpha value is -3.29. The number of pyridine rings is 1. The molecule has 0 spiro atoms. The van der Waals surface area contributed by atoms with Crippen molar-refractivity contribution in [2.45, 2.75) is 32.7 Å². The smallest absolute Gasteiger partial charge is 0.264 e. The number of nitrogens with zero attached hydrogens (tertiary/aromatic N) is 5. The predicted molar refractivity (Wildman–Crippen MR) is 108 cm³/mol.